The van der Waals surface area contributed by atoms with Gasteiger partial charge in [-0.05, 0) is 52.2 Å². The Morgan fingerprint density at radius 1 is 1.43 bits per heavy atom. The molecule has 0 N–H and O–H groups in total. The van der Waals surface area contributed by atoms with Crippen LogP contribution in [-0.4, -0.2) is 33.2 Å². The van der Waals surface area contributed by atoms with E-state index in [4.69, 9.17) is 4.42 Å². The third-order valence-electron chi connectivity index (χ3n) is 4.74. The molecule has 2 atom stereocenters. The quantitative estimate of drug-likeness (QED) is 0.870. The van der Waals surface area contributed by atoms with Gasteiger partial charge in [0.1, 0.15) is 11.5 Å². The highest BCUT2D eigenvalue weighted by Crippen LogP contribution is 2.28. The van der Waals surface area contributed by atoms with E-state index in [0.29, 0.717) is 0 Å². The van der Waals surface area contributed by atoms with E-state index in [1.165, 1.54) is 0 Å². The molecule has 3 heterocycles. The molecule has 1 aliphatic heterocycles. The van der Waals surface area contributed by atoms with E-state index in [9.17, 15) is 4.79 Å². The second kappa shape index (κ2) is 6.22. The number of amides is 1. The summed E-state index contributed by atoms with van der Waals surface area (Å²) in [6, 6.07) is 2.22. The van der Waals surface area contributed by atoms with Crippen LogP contribution in [0.25, 0.3) is 0 Å². The molecule has 2 aromatic rings. The monoisotopic (exact) mass is 315 g/mol. The van der Waals surface area contributed by atoms with E-state index in [1.807, 2.05) is 55.7 Å². The highest BCUT2D eigenvalue weighted by Gasteiger charge is 2.33. The third kappa shape index (κ3) is 3.19. The number of aromatic nitrogens is 2. The van der Waals surface area contributed by atoms with Crippen molar-refractivity contribution in [2.75, 3.05) is 6.54 Å². The summed E-state index contributed by atoms with van der Waals surface area (Å²) in [4.78, 5) is 15.0. The van der Waals surface area contributed by atoms with Crippen LogP contribution in [0.5, 0.6) is 0 Å². The molecule has 23 heavy (non-hydrogen) atoms. The van der Waals surface area contributed by atoms with E-state index < -0.39 is 0 Å². The fourth-order valence-electron chi connectivity index (χ4n) is 3.56. The van der Waals surface area contributed by atoms with Gasteiger partial charge in [0.15, 0.2) is 0 Å². The van der Waals surface area contributed by atoms with Crippen LogP contribution in [0.3, 0.4) is 0 Å². The smallest absolute Gasteiger partial charge is 0.230 e. The lowest BCUT2D eigenvalue weighted by atomic mass is 9.99. The van der Waals surface area contributed by atoms with Gasteiger partial charge in [-0.2, -0.15) is 5.10 Å². The second-order valence-corrected chi connectivity index (χ2v) is 6.66. The summed E-state index contributed by atoms with van der Waals surface area (Å²) >= 11 is 0. The first-order valence-corrected chi connectivity index (χ1v) is 8.32. The maximum atomic E-state index is 13.0. The molecule has 0 radical (unpaired) electrons. The van der Waals surface area contributed by atoms with Gasteiger partial charge in [0.05, 0.1) is 24.7 Å². The molecule has 0 unspecified atom stereocenters. The molecular weight excluding hydrogens is 290 g/mol. The van der Waals surface area contributed by atoms with E-state index in [1.54, 1.807) is 0 Å². The van der Waals surface area contributed by atoms with E-state index in [0.717, 1.165) is 48.6 Å². The van der Waals surface area contributed by atoms with Gasteiger partial charge >= 0.3 is 0 Å². The van der Waals surface area contributed by atoms with E-state index in [-0.39, 0.29) is 17.9 Å². The van der Waals surface area contributed by atoms with Crippen molar-refractivity contribution in [2.24, 2.45) is 0 Å². The van der Waals surface area contributed by atoms with Crippen LogP contribution in [0.1, 0.15) is 48.3 Å². The number of hydrogen-bond acceptors (Lipinski definition) is 3. The maximum Gasteiger partial charge on any atom is 0.230 e. The van der Waals surface area contributed by atoms with Crippen LogP contribution >= 0.6 is 0 Å². The first-order valence-electron chi connectivity index (χ1n) is 8.32. The molecule has 0 aromatic carbocycles. The first-order chi connectivity index (χ1) is 11.0. The van der Waals surface area contributed by atoms with Crippen LogP contribution < -0.4 is 0 Å². The minimum Gasteiger partial charge on any atom is -0.466 e. The number of nitrogens with zero attached hydrogens (tertiary/aromatic N) is 3. The normalized spacial score (nSPS) is 19.3. The van der Waals surface area contributed by atoms with Crippen molar-refractivity contribution >= 4 is 5.91 Å². The summed E-state index contributed by atoms with van der Waals surface area (Å²) in [6.07, 6.45) is 6.00. The van der Waals surface area contributed by atoms with Gasteiger partial charge in [0.25, 0.3) is 0 Å². The zero-order valence-electron chi connectivity index (χ0n) is 14.4. The molecule has 124 valence electrons. The molecule has 0 aliphatic carbocycles. The van der Waals surface area contributed by atoms with Crippen LogP contribution in [0, 0.1) is 20.8 Å². The van der Waals surface area contributed by atoms with Crippen LogP contribution in [0.4, 0.5) is 0 Å². The number of rotatable bonds is 4. The first kappa shape index (κ1) is 15.8. The maximum absolute atomic E-state index is 13.0. The highest BCUT2D eigenvalue weighted by atomic mass is 16.3. The van der Waals surface area contributed by atoms with Crippen LogP contribution in [-0.2, 0) is 11.3 Å². The van der Waals surface area contributed by atoms with Crippen molar-refractivity contribution in [1.29, 1.82) is 0 Å². The van der Waals surface area contributed by atoms with Gasteiger partial charge in [0.2, 0.25) is 5.91 Å². The molecule has 0 bridgehead atoms. The van der Waals surface area contributed by atoms with Crippen LogP contribution in [0.2, 0.25) is 0 Å². The molecular formula is C18H25N3O2. The SMILES string of the molecule is Cc1cnn(C[C@@H]2CCCN2C(=O)[C@H](C)c2cc(C)oc2C)c1. The highest BCUT2D eigenvalue weighted by molar-refractivity contribution is 5.84. The van der Waals surface area contributed by atoms with Gasteiger partial charge in [-0.15, -0.1) is 0 Å². The summed E-state index contributed by atoms with van der Waals surface area (Å²) in [5.74, 6) is 1.75. The minimum atomic E-state index is -0.160. The van der Waals surface area contributed by atoms with Gasteiger partial charge in [-0.3, -0.25) is 9.48 Å². The van der Waals surface area contributed by atoms with Gasteiger partial charge in [0, 0.05) is 18.3 Å². The second-order valence-electron chi connectivity index (χ2n) is 6.66. The molecule has 1 aliphatic rings. The molecule has 3 rings (SSSR count). The third-order valence-corrected chi connectivity index (χ3v) is 4.74. The molecule has 0 saturated carbocycles. The molecule has 5 heteroatoms. The summed E-state index contributed by atoms with van der Waals surface area (Å²) in [6.45, 7) is 9.48. The molecule has 1 saturated heterocycles. The largest absolute Gasteiger partial charge is 0.466 e. The summed E-state index contributed by atoms with van der Waals surface area (Å²) < 4.78 is 7.54. The number of aryl methyl sites for hydroxylation is 3. The molecule has 5 nitrogen and oxygen atoms in total. The Morgan fingerprint density at radius 3 is 2.83 bits per heavy atom. The standard InChI is InChI=1S/C18H25N3O2/c1-12-9-19-20(10-12)11-16-6-5-7-21(16)18(22)14(3)17-8-13(2)23-15(17)4/h8-10,14,16H,5-7,11H2,1-4H3/t14-,16+/m1/s1. The van der Waals surface area contributed by atoms with Crippen LogP contribution in [0.15, 0.2) is 22.9 Å². The summed E-state index contributed by atoms with van der Waals surface area (Å²) in [5, 5.41) is 4.36. The Balaban J connectivity index is 1.73. The van der Waals surface area contributed by atoms with Crippen molar-refractivity contribution in [3.05, 3.63) is 41.1 Å². The van der Waals surface area contributed by atoms with Crippen molar-refractivity contribution < 1.29 is 9.21 Å². The zero-order chi connectivity index (χ0) is 16.6. The van der Waals surface area contributed by atoms with Gasteiger partial charge in [-0.1, -0.05) is 0 Å². The van der Waals surface area contributed by atoms with Crippen molar-refractivity contribution in [3.8, 4) is 0 Å². The van der Waals surface area contributed by atoms with Crippen molar-refractivity contribution in [1.82, 2.24) is 14.7 Å². The number of furan rings is 1. The Morgan fingerprint density at radius 2 is 2.22 bits per heavy atom. The lowest BCUT2D eigenvalue weighted by molar-refractivity contribution is -0.133. The molecule has 1 amide bonds. The Kier molecular flexibility index (Phi) is 4.28. The van der Waals surface area contributed by atoms with E-state index >= 15 is 0 Å². The number of hydrogen-bond donors (Lipinski definition) is 0. The Labute approximate surface area is 137 Å². The van der Waals surface area contributed by atoms with Crippen molar-refractivity contribution in [2.45, 2.75) is 59.0 Å². The number of carbonyl (C=O) groups excluding carboxylic acids is 1. The fraction of sp³-hybridized carbons (Fsp3) is 0.556. The fourth-order valence-corrected chi connectivity index (χ4v) is 3.56. The minimum absolute atomic E-state index is 0.160. The zero-order valence-corrected chi connectivity index (χ0v) is 14.4. The molecule has 1 fully saturated rings. The predicted molar refractivity (Wildman–Crippen MR) is 88.3 cm³/mol. The lowest BCUT2D eigenvalue weighted by Gasteiger charge is -2.27. The van der Waals surface area contributed by atoms with Crippen molar-refractivity contribution in [3.63, 3.8) is 0 Å². The number of likely N-dealkylation sites (tertiary alicyclic amines) is 1. The average molecular weight is 315 g/mol. The Bertz CT molecular complexity index is 701. The topological polar surface area (TPSA) is 51.3 Å². The summed E-state index contributed by atoms with van der Waals surface area (Å²) in [7, 11) is 0. The van der Waals surface area contributed by atoms with Gasteiger partial charge in [-0.25, -0.2) is 0 Å². The summed E-state index contributed by atoms with van der Waals surface area (Å²) in [5.41, 5.74) is 2.16. The van der Waals surface area contributed by atoms with E-state index in [2.05, 4.69) is 5.10 Å². The Hall–Kier alpha value is -2.04. The number of carbonyl (C=O) groups is 1. The lowest BCUT2D eigenvalue weighted by Crippen LogP contribution is -2.40. The molecule has 0 spiro atoms. The molecule has 2 aromatic heterocycles. The average Bonchev–Trinajstić information content (AvgIpc) is 3.19. The van der Waals surface area contributed by atoms with Gasteiger partial charge < -0.3 is 9.32 Å². The predicted octanol–water partition coefficient (Wildman–Crippen LogP) is 3.20.